The molecule has 3 saturated carbocycles. The van der Waals surface area contributed by atoms with E-state index in [9.17, 15) is 0 Å². The van der Waals surface area contributed by atoms with Crippen molar-refractivity contribution in [2.45, 2.75) is 140 Å². The highest BCUT2D eigenvalue weighted by molar-refractivity contribution is 4.92. The summed E-state index contributed by atoms with van der Waals surface area (Å²) in [6, 6.07) is 0. The minimum atomic E-state index is 0.876. The minimum absolute atomic E-state index is 0.876. The molecule has 0 amide bonds. The lowest BCUT2D eigenvalue weighted by molar-refractivity contribution is 0.00630. The van der Waals surface area contributed by atoms with E-state index in [0.29, 0.717) is 0 Å². The Balaban J connectivity index is 1.74. The van der Waals surface area contributed by atoms with Crippen LogP contribution in [0.4, 0.5) is 0 Å². The maximum atomic E-state index is 2.65. The summed E-state index contributed by atoms with van der Waals surface area (Å²) in [6.07, 6.45) is 16.3. The Morgan fingerprint density at radius 1 is 0.600 bits per heavy atom. The van der Waals surface area contributed by atoms with E-state index in [1.165, 1.54) is 70.6 Å². The molecule has 0 nitrogen and oxygen atoms in total. The van der Waals surface area contributed by atoms with Crippen LogP contribution in [0.15, 0.2) is 0 Å². The Morgan fingerprint density at radius 2 is 1.14 bits per heavy atom. The van der Waals surface area contributed by atoms with Crippen LogP contribution in [0.2, 0.25) is 0 Å². The van der Waals surface area contributed by atoms with Crippen LogP contribution in [0.1, 0.15) is 140 Å². The zero-order chi connectivity index (χ0) is 25.9. The van der Waals surface area contributed by atoms with Gasteiger partial charge in [0.2, 0.25) is 0 Å². The first-order valence-corrected chi connectivity index (χ1v) is 16.5. The predicted molar refractivity (Wildman–Crippen MR) is 156 cm³/mol. The van der Waals surface area contributed by atoms with Crippen molar-refractivity contribution in [3.8, 4) is 0 Å². The summed E-state index contributed by atoms with van der Waals surface area (Å²) >= 11 is 0. The quantitative estimate of drug-likeness (QED) is 0.304. The van der Waals surface area contributed by atoms with E-state index < -0.39 is 0 Å². The second-order valence-electron chi connectivity index (χ2n) is 15.3. The molecule has 0 radical (unpaired) electrons. The molecule has 0 heterocycles. The second kappa shape index (κ2) is 13.2. The van der Waals surface area contributed by atoms with Gasteiger partial charge in [0.15, 0.2) is 0 Å². The normalized spacial score (nSPS) is 42.9. The molecule has 206 valence electrons. The van der Waals surface area contributed by atoms with Gasteiger partial charge in [0.1, 0.15) is 0 Å². The molecule has 0 bridgehead atoms. The Hall–Kier alpha value is 0. The summed E-state index contributed by atoms with van der Waals surface area (Å²) in [7, 11) is 0. The maximum absolute atomic E-state index is 2.65. The third-order valence-corrected chi connectivity index (χ3v) is 12.5. The maximum Gasteiger partial charge on any atom is -0.0331 e. The van der Waals surface area contributed by atoms with Crippen molar-refractivity contribution in [1.82, 2.24) is 0 Å². The van der Waals surface area contributed by atoms with Gasteiger partial charge in [-0.05, 0) is 115 Å². The van der Waals surface area contributed by atoms with E-state index in [4.69, 9.17) is 0 Å². The van der Waals surface area contributed by atoms with E-state index in [2.05, 4.69) is 69.2 Å². The smallest absolute Gasteiger partial charge is 0.0331 e. The summed E-state index contributed by atoms with van der Waals surface area (Å²) < 4.78 is 0. The molecule has 35 heavy (non-hydrogen) atoms. The molecule has 3 fully saturated rings. The molecule has 3 aliphatic carbocycles. The molecule has 0 N–H and O–H groups in total. The van der Waals surface area contributed by atoms with Crippen LogP contribution in [0, 0.1) is 82.9 Å². The standard InChI is InChI=1S/C35H66/c1-11-32(34-26(6)17-22(2)18-27(34)7)33(31-15-13-12-14-16-31)20-23(3)19-28(8)35-29(9)24(4)21-25(5)30(35)10/h22-35H,11-21H2,1-10H3. The molecule has 10 atom stereocenters. The van der Waals surface area contributed by atoms with Crippen molar-refractivity contribution in [1.29, 1.82) is 0 Å². The van der Waals surface area contributed by atoms with E-state index in [0.717, 1.165) is 82.9 Å². The van der Waals surface area contributed by atoms with Gasteiger partial charge in [-0.2, -0.15) is 0 Å². The molecule has 0 saturated heterocycles. The summed E-state index contributed by atoms with van der Waals surface area (Å²) in [5, 5.41) is 0. The van der Waals surface area contributed by atoms with E-state index >= 15 is 0 Å². The van der Waals surface area contributed by atoms with Gasteiger partial charge in [0.05, 0.1) is 0 Å². The predicted octanol–water partition coefficient (Wildman–Crippen LogP) is 11.1. The van der Waals surface area contributed by atoms with Crippen molar-refractivity contribution in [2.24, 2.45) is 82.9 Å². The first-order chi connectivity index (χ1) is 16.5. The zero-order valence-electron chi connectivity index (χ0n) is 25.9. The Morgan fingerprint density at radius 3 is 1.66 bits per heavy atom. The van der Waals surface area contributed by atoms with E-state index in [1.807, 2.05) is 0 Å². The van der Waals surface area contributed by atoms with Gasteiger partial charge >= 0.3 is 0 Å². The van der Waals surface area contributed by atoms with Gasteiger partial charge in [0, 0.05) is 0 Å². The topological polar surface area (TPSA) is 0 Å². The molecule has 10 unspecified atom stereocenters. The summed E-state index contributed by atoms with van der Waals surface area (Å²) in [5.41, 5.74) is 0. The fourth-order valence-corrected chi connectivity index (χ4v) is 10.9. The van der Waals surface area contributed by atoms with Crippen LogP contribution in [-0.4, -0.2) is 0 Å². The fourth-order valence-electron chi connectivity index (χ4n) is 10.9. The second-order valence-corrected chi connectivity index (χ2v) is 15.3. The minimum Gasteiger partial charge on any atom is -0.0651 e. The van der Waals surface area contributed by atoms with Crippen molar-refractivity contribution in [3.05, 3.63) is 0 Å². The molecular weight excluding hydrogens is 420 g/mol. The van der Waals surface area contributed by atoms with Crippen LogP contribution >= 0.6 is 0 Å². The lowest BCUT2D eigenvalue weighted by Crippen LogP contribution is -2.41. The molecule has 0 heteroatoms. The van der Waals surface area contributed by atoms with Crippen LogP contribution < -0.4 is 0 Å². The highest BCUT2D eigenvalue weighted by Gasteiger charge is 2.43. The molecule has 0 aromatic carbocycles. The van der Waals surface area contributed by atoms with Gasteiger partial charge < -0.3 is 0 Å². The SMILES string of the molecule is CCC(C(CC(C)CC(C)C1C(C)C(C)CC(C)C1C)C1CCCCC1)C1C(C)CC(C)CC1C. The molecule has 0 spiro atoms. The lowest BCUT2D eigenvalue weighted by Gasteiger charge is -2.49. The van der Waals surface area contributed by atoms with Crippen LogP contribution in [0.25, 0.3) is 0 Å². The largest absolute Gasteiger partial charge is 0.0651 e. The average Bonchev–Trinajstić information content (AvgIpc) is 2.79. The van der Waals surface area contributed by atoms with Gasteiger partial charge in [0.25, 0.3) is 0 Å². The van der Waals surface area contributed by atoms with Crippen LogP contribution in [-0.2, 0) is 0 Å². The van der Waals surface area contributed by atoms with Crippen molar-refractivity contribution < 1.29 is 0 Å². The Labute approximate surface area is 222 Å². The number of hydrogen-bond acceptors (Lipinski definition) is 0. The van der Waals surface area contributed by atoms with Crippen molar-refractivity contribution in [2.75, 3.05) is 0 Å². The van der Waals surface area contributed by atoms with Crippen LogP contribution in [0.5, 0.6) is 0 Å². The molecule has 3 rings (SSSR count). The summed E-state index contributed by atoms with van der Waals surface area (Å²) in [4.78, 5) is 0. The first kappa shape index (κ1) is 29.6. The molecule has 0 aromatic rings. The van der Waals surface area contributed by atoms with Crippen LogP contribution in [0.3, 0.4) is 0 Å². The Bertz CT molecular complexity index is 575. The highest BCUT2D eigenvalue weighted by atomic mass is 14.5. The van der Waals surface area contributed by atoms with Crippen molar-refractivity contribution >= 4 is 0 Å². The van der Waals surface area contributed by atoms with Gasteiger partial charge in [-0.1, -0.05) is 108 Å². The van der Waals surface area contributed by atoms with Gasteiger partial charge in [-0.3, -0.25) is 0 Å². The van der Waals surface area contributed by atoms with Crippen molar-refractivity contribution in [3.63, 3.8) is 0 Å². The monoisotopic (exact) mass is 487 g/mol. The van der Waals surface area contributed by atoms with Gasteiger partial charge in [-0.25, -0.2) is 0 Å². The zero-order valence-corrected chi connectivity index (χ0v) is 25.9. The molecule has 0 aromatic heterocycles. The molecule has 0 aliphatic heterocycles. The third kappa shape index (κ3) is 7.11. The van der Waals surface area contributed by atoms with E-state index in [1.54, 1.807) is 0 Å². The molecular formula is C35H66. The lowest BCUT2D eigenvalue weighted by atomic mass is 9.57. The summed E-state index contributed by atoms with van der Waals surface area (Å²) in [5.74, 6) is 13.0. The van der Waals surface area contributed by atoms with E-state index in [-0.39, 0.29) is 0 Å². The number of rotatable bonds is 9. The number of hydrogen-bond donors (Lipinski definition) is 0. The fraction of sp³-hybridized carbons (Fsp3) is 1.00. The first-order valence-electron chi connectivity index (χ1n) is 16.5. The third-order valence-electron chi connectivity index (χ3n) is 12.5. The summed E-state index contributed by atoms with van der Waals surface area (Å²) in [6.45, 7) is 25.9. The Kier molecular flexibility index (Phi) is 11.1. The average molecular weight is 487 g/mol. The molecule has 3 aliphatic rings. The van der Waals surface area contributed by atoms with Gasteiger partial charge in [-0.15, -0.1) is 0 Å². The highest BCUT2D eigenvalue weighted by Crippen LogP contribution is 2.51.